The second-order valence-electron chi connectivity index (χ2n) is 2.56. The van der Waals surface area contributed by atoms with Gasteiger partial charge < -0.3 is 34.9 Å². The van der Waals surface area contributed by atoms with Crippen molar-refractivity contribution in [2.24, 2.45) is 17.9 Å². The summed E-state index contributed by atoms with van der Waals surface area (Å²) < 4.78 is 1.64. The van der Waals surface area contributed by atoms with Crippen LogP contribution < -0.4 is 34.3 Å². The first kappa shape index (κ1) is 12.8. The summed E-state index contributed by atoms with van der Waals surface area (Å²) >= 11 is 0. The molecule has 0 atom stereocenters. The van der Waals surface area contributed by atoms with Crippen LogP contribution in [-0.2, 0) is 7.05 Å². The number of carbonyl (C=O) groups is 1. The summed E-state index contributed by atoms with van der Waals surface area (Å²) in [5.74, 6) is -0.483. The lowest BCUT2D eigenvalue weighted by Crippen LogP contribution is -3.00. The van der Waals surface area contributed by atoms with Gasteiger partial charge in [0.15, 0.2) is 6.20 Å². The van der Waals surface area contributed by atoms with Crippen molar-refractivity contribution in [2.75, 3.05) is 0 Å². The number of hydrogen-bond donors (Lipinski definition) is 2. The first-order chi connectivity index (χ1) is 6.15. The molecule has 0 radical (unpaired) electrons. The zero-order chi connectivity index (χ0) is 9.84. The van der Waals surface area contributed by atoms with Crippen molar-refractivity contribution in [3.8, 4) is 0 Å². The summed E-state index contributed by atoms with van der Waals surface area (Å²) in [6, 6.07) is 3.21. The fourth-order valence-corrected chi connectivity index (χ4v) is 0.958. The van der Waals surface area contributed by atoms with Gasteiger partial charge in [-0.3, -0.25) is 4.79 Å². The van der Waals surface area contributed by atoms with Gasteiger partial charge in [-0.15, -0.1) is 0 Å². The minimum atomic E-state index is -0.483. The molecular formula is C8H10IN3O2. The van der Waals surface area contributed by atoms with Gasteiger partial charge in [0.2, 0.25) is 5.69 Å². The van der Waals surface area contributed by atoms with Crippen molar-refractivity contribution in [2.45, 2.75) is 0 Å². The molecule has 76 valence electrons. The Morgan fingerprint density at radius 2 is 2.29 bits per heavy atom. The minimum Gasteiger partial charge on any atom is -1.00 e. The van der Waals surface area contributed by atoms with Gasteiger partial charge in [-0.1, -0.05) is 5.16 Å². The summed E-state index contributed by atoms with van der Waals surface area (Å²) in [4.78, 5) is 10.7. The maximum absolute atomic E-state index is 10.7. The Morgan fingerprint density at radius 1 is 1.64 bits per heavy atom. The van der Waals surface area contributed by atoms with Crippen LogP contribution in [0.25, 0.3) is 0 Å². The van der Waals surface area contributed by atoms with Crippen LogP contribution in [0.2, 0.25) is 0 Å². The quantitative estimate of drug-likeness (QED) is 0.195. The van der Waals surface area contributed by atoms with E-state index < -0.39 is 5.91 Å². The van der Waals surface area contributed by atoms with Gasteiger partial charge >= 0.3 is 0 Å². The zero-order valence-corrected chi connectivity index (χ0v) is 9.67. The molecule has 14 heavy (non-hydrogen) atoms. The van der Waals surface area contributed by atoms with Crippen LogP contribution in [0.15, 0.2) is 23.5 Å². The van der Waals surface area contributed by atoms with Crippen LogP contribution in [0.3, 0.4) is 0 Å². The van der Waals surface area contributed by atoms with E-state index in [9.17, 15) is 4.79 Å². The first-order valence-corrected chi connectivity index (χ1v) is 3.62. The van der Waals surface area contributed by atoms with Crippen LogP contribution in [0.4, 0.5) is 0 Å². The molecule has 1 aromatic heterocycles. The molecule has 0 spiro atoms. The smallest absolute Gasteiger partial charge is 0.254 e. The molecule has 1 heterocycles. The normalized spacial score (nSPS) is 9.79. The fourth-order valence-electron chi connectivity index (χ4n) is 0.958. The third-order valence-electron chi connectivity index (χ3n) is 1.65. The maximum Gasteiger partial charge on any atom is 0.254 e. The first-order valence-electron chi connectivity index (χ1n) is 3.62. The van der Waals surface area contributed by atoms with E-state index in [1.54, 1.807) is 29.9 Å². The zero-order valence-electron chi connectivity index (χ0n) is 7.51. The van der Waals surface area contributed by atoms with Gasteiger partial charge in [0.25, 0.3) is 5.91 Å². The highest BCUT2D eigenvalue weighted by Crippen LogP contribution is 1.94. The summed E-state index contributed by atoms with van der Waals surface area (Å²) in [6.07, 6.45) is 2.84. The number of oxime groups is 1. The number of hydrogen-bond acceptors (Lipinski definition) is 3. The Morgan fingerprint density at radius 3 is 2.71 bits per heavy atom. The fraction of sp³-hybridized carbons (Fsp3) is 0.125. The average molecular weight is 307 g/mol. The van der Waals surface area contributed by atoms with Crippen molar-refractivity contribution in [3.05, 3.63) is 29.6 Å². The van der Waals surface area contributed by atoms with E-state index in [2.05, 4.69) is 5.16 Å². The Balaban J connectivity index is 0.00000169. The van der Waals surface area contributed by atoms with Crippen molar-refractivity contribution < 1.29 is 38.5 Å². The Hall–Kier alpha value is -1.18. The molecule has 0 bridgehead atoms. The van der Waals surface area contributed by atoms with Crippen LogP contribution in [-0.4, -0.2) is 17.3 Å². The molecule has 0 aliphatic carbocycles. The highest BCUT2D eigenvalue weighted by atomic mass is 127. The molecule has 3 N–H and O–H groups in total. The molecule has 1 aromatic rings. The second kappa shape index (κ2) is 5.53. The van der Waals surface area contributed by atoms with Crippen molar-refractivity contribution >= 4 is 12.1 Å². The van der Waals surface area contributed by atoms with E-state index in [0.29, 0.717) is 11.3 Å². The van der Waals surface area contributed by atoms with Crippen molar-refractivity contribution in [1.82, 2.24) is 0 Å². The molecule has 0 unspecified atom stereocenters. The molecule has 0 saturated heterocycles. The third kappa shape index (κ3) is 2.95. The summed E-state index contributed by atoms with van der Waals surface area (Å²) in [5, 5.41) is 11.2. The van der Waals surface area contributed by atoms with Crippen molar-refractivity contribution in [3.63, 3.8) is 0 Å². The topological polar surface area (TPSA) is 79.6 Å². The standard InChI is InChI=1S/C8H9N3O2.HI/c1-11-5-6(8(9)12)2-3-7(11)4-10-13;/h2-5H,1H3,(H2,9,12);1H. The van der Waals surface area contributed by atoms with E-state index in [4.69, 9.17) is 10.9 Å². The molecule has 6 heteroatoms. The molecule has 0 aliphatic heterocycles. The number of primary amides is 1. The number of nitrogens with zero attached hydrogens (tertiary/aromatic N) is 2. The van der Waals surface area contributed by atoms with Crippen LogP contribution in [0.5, 0.6) is 0 Å². The molecule has 1 amide bonds. The Bertz CT molecular complexity index is 366. The number of halogens is 1. The molecule has 0 aromatic carbocycles. The minimum absolute atomic E-state index is 0. The predicted molar refractivity (Wildman–Crippen MR) is 45.5 cm³/mol. The second-order valence-corrected chi connectivity index (χ2v) is 2.56. The molecular weight excluding hydrogens is 297 g/mol. The largest absolute Gasteiger partial charge is 1.00 e. The molecule has 0 saturated carbocycles. The molecule has 5 nitrogen and oxygen atoms in total. The highest BCUT2D eigenvalue weighted by Gasteiger charge is 2.08. The van der Waals surface area contributed by atoms with Crippen LogP contribution >= 0.6 is 0 Å². The van der Waals surface area contributed by atoms with E-state index in [1.165, 1.54) is 6.21 Å². The number of nitrogens with two attached hydrogens (primary N) is 1. The van der Waals surface area contributed by atoms with Gasteiger partial charge in [0, 0.05) is 6.07 Å². The summed E-state index contributed by atoms with van der Waals surface area (Å²) in [7, 11) is 1.73. The van der Waals surface area contributed by atoms with E-state index in [-0.39, 0.29) is 24.0 Å². The van der Waals surface area contributed by atoms with Gasteiger partial charge in [0.1, 0.15) is 18.8 Å². The molecule has 0 aliphatic rings. The van der Waals surface area contributed by atoms with Crippen LogP contribution in [0, 0.1) is 0 Å². The highest BCUT2D eigenvalue weighted by molar-refractivity contribution is 5.92. The maximum atomic E-state index is 10.7. The van der Waals surface area contributed by atoms with E-state index in [1.807, 2.05) is 0 Å². The van der Waals surface area contributed by atoms with Crippen LogP contribution in [0.1, 0.15) is 16.1 Å². The SMILES string of the molecule is C[n+]1cc(C(N)=O)ccc1/C=N/O.[I-]. The summed E-state index contributed by atoms with van der Waals surface area (Å²) in [5.41, 5.74) is 6.16. The third-order valence-corrected chi connectivity index (χ3v) is 1.65. The number of aryl methyl sites for hydroxylation is 1. The number of aromatic nitrogens is 1. The number of amides is 1. The Kier molecular flexibility index (Phi) is 5.06. The predicted octanol–water partition coefficient (Wildman–Crippen LogP) is -3.58. The number of carbonyl (C=O) groups excluding carboxylic acids is 1. The number of pyridine rings is 1. The molecule has 0 fully saturated rings. The Labute approximate surface area is 98.2 Å². The lowest BCUT2D eigenvalue weighted by Gasteiger charge is -1.95. The average Bonchev–Trinajstić information content (AvgIpc) is 2.08. The lowest BCUT2D eigenvalue weighted by molar-refractivity contribution is -0.672. The molecule has 1 rings (SSSR count). The van der Waals surface area contributed by atoms with Gasteiger partial charge in [-0.25, -0.2) is 0 Å². The van der Waals surface area contributed by atoms with Crippen molar-refractivity contribution in [1.29, 1.82) is 0 Å². The number of rotatable bonds is 2. The monoisotopic (exact) mass is 307 g/mol. The van der Waals surface area contributed by atoms with Gasteiger partial charge in [0.05, 0.1) is 0 Å². The van der Waals surface area contributed by atoms with Gasteiger partial charge in [-0.05, 0) is 6.07 Å². The van der Waals surface area contributed by atoms with Gasteiger partial charge in [-0.2, -0.15) is 4.57 Å². The summed E-state index contributed by atoms with van der Waals surface area (Å²) in [6.45, 7) is 0. The van der Waals surface area contributed by atoms with E-state index >= 15 is 0 Å². The van der Waals surface area contributed by atoms with E-state index in [0.717, 1.165) is 0 Å². The lowest BCUT2D eigenvalue weighted by atomic mass is 10.2.